The molecule has 2 N–H and O–H groups in total. The van der Waals surface area contributed by atoms with E-state index in [0.717, 1.165) is 25.8 Å². The van der Waals surface area contributed by atoms with Gasteiger partial charge in [-0.3, -0.25) is 0 Å². The summed E-state index contributed by atoms with van der Waals surface area (Å²) in [7, 11) is 0. The van der Waals surface area contributed by atoms with Crippen molar-refractivity contribution in [2.75, 3.05) is 13.2 Å². The smallest absolute Gasteiger partial charge is 0.0436 e. The van der Waals surface area contributed by atoms with Crippen molar-refractivity contribution in [1.82, 2.24) is 5.32 Å². The maximum atomic E-state index is 9.23. The molecule has 0 bridgehead atoms. The molecule has 1 aromatic heterocycles. The Balaban J connectivity index is 2.60. The minimum atomic E-state index is 0.244. The van der Waals surface area contributed by atoms with E-state index in [4.69, 9.17) is 0 Å². The van der Waals surface area contributed by atoms with Crippen LogP contribution in [0, 0.1) is 12.3 Å². The van der Waals surface area contributed by atoms with Gasteiger partial charge in [-0.2, -0.15) is 0 Å². The van der Waals surface area contributed by atoms with Crippen LogP contribution in [0.3, 0.4) is 0 Å². The van der Waals surface area contributed by atoms with Crippen LogP contribution in [0.4, 0.5) is 0 Å². The summed E-state index contributed by atoms with van der Waals surface area (Å²) in [6.45, 7) is 10.1. The predicted octanol–water partition coefficient (Wildman–Crippen LogP) is 3.90. The van der Waals surface area contributed by atoms with Crippen LogP contribution < -0.4 is 5.32 Å². The molecule has 0 aliphatic rings. The Hall–Kier alpha value is -0.380. The van der Waals surface area contributed by atoms with Gasteiger partial charge in [-0.25, -0.2) is 0 Å². The van der Waals surface area contributed by atoms with Gasteiger partial charge in [0, 0.05) is 24.1 Å². The Labute approximate surface area is 115 Å². The number of hydrogen-bond donors (Lipinski definition) is 2. The summed E-state index contributed by atoms with van der Waals surface area (Å²) in [5.74, 6) is 0. The zero-order valence-electron chi connectivity index (χ0n) is 12.1. The first-order valence-corrected chi connectivity index (χ1v) is 7.84. The van der Waals surface area contributed by atoms with Crippen LogP contribution in [0.2, 0.25) is 0 Å². The van der Waals surface area contributed by atoms with Gasteiger partial charge in [-0.15, -0.1) is 11.3 Å². The fourth-order valence-corrected chi connectivity index (χ4v) is 3.43. The topological polar surface area (TPSA) is 32.3 Å². The highest BCUT2D eigenvalue weighted by Crippen LogP contribution is 2.31. The molecule has 0 aromatic carbocycles. The summed E-state index contributed by atoms with van der Waals surface area (Å²) in [6, 6.07) is 2.58. The minimum absolute atomic E-state index is 0.244. The molecule has 0 fully saturated rings. The highest BCUT2D eigenvalue weighted by atomic mass is 32.1. The van der Waals surface area contributed by atoms with Gasteiger partial charge >= 0.3 is 0 Å². The quantitative estimate of drug-likeness (QED) is 0.750. The average Bonchev–Trinajstić information content (AvgIpc) is 2.80. The van der Waals surface area contributed by atoms with Crippen molar-refractivity contribution < 1.29 is 5.11 Å². The van der Waals surface area contributed by atoms with Gasteiger partial charge in [0.15, 0.2) is 0 Å². The number of thiophene rings is 1. The highest BCUT2D eigenvalue weighted by Gasteiger charge is 2.26. The average molecular weight is 269 g/mol. The first kappa shape index (κ1) is 15.7. The van der Waals surface area contributed by atoms with Crippen LogP contribution in [0.5, 0.6) is 0 Å². The molecule has 1 heterocycles. The lowest BCUT2D eigenvalue weighted by Crippen LogP contribution is -2.35. The molecule has 0 spiro atoms. The standard InChI is InChI=1S/C15H27NOS/c1-5-15(6-2,8-9-17)11-16-13(4)14-12(3)7-10-18-14/h7,10,13,16-17H,5-6,8-9,11H2,1-4H3. The number of aliphatic hydroxyl groups excluding tert-OH is 1. The zero-order valence-corrected chi connectivity index (χ0v) is 12.9. The van der Waals surface area contributed by atoms with Crippen LogP contribution >= 0.6 is 11.3 Å². The van der Waals surface area contributed by atoms with Gasteiger partial charge in [-0.1, -0.05) is 13.8 Å². The fraction of sp³-hybridized carbons (Fsp3) is 0.733. The Morgan fingerprint density at radius 2 is 2.06 bits per heavy atom. The van der Waals surface area contributed by atoms with E-state index in [0.29, 0.717) is 6.04 Å². The molecular weight excluding hydrogens is 242 g/mol. The molecule has 0 amide bonds. The third kappa shape index (κ3) is 3.81. The first-order valence-electron chi connectivity index (χ1n) is 6.96. The Morgan fingerprint density at radius 3 is 2.50 bits per heavy atom. The lowest BCUT2D eigenvalue weighted by atomic mass is 9.79. The van der Waals surface area contributed by atoms with Crippen molar-refractivity contribution in [3.63, 3.8) is 0 Å². The fourth-order valence-electron chi connectivity index (χ4n) is 2.47. The van der Waals surface area contributed by atoms with Crippen molar-refractivity contribution in [1.29, 1.82) is 0 Å². The van der Waals surface area contributed by atoms with Gasteiger partial charge in [0.25, 0.3) is 0 Å². The molecule has 1 aromatic rings. The SMILES string of the molecule is CCC(CC)(CCO)CNC(C)c1sccc1C. The molecule has 2 nitrogen and oxygen atoms in total. The van der Waals surface area contributed by atoms with Crippen LogP contribution in [0.15, 0.2) is 11.4 Å². The number of rotatable bonds is 8. The second-order valence-corrected chi connectivity index (χ2v) is 6.20. The molecule has 0 aliphatic heterocycles. The summed E-state index contributed by atoms with van der Waals surface area (Å²) < 4.78 is 0. The summed E-state index contributed by atoms with van der Waals surface area (Å²) in [4.78, 5) is 1.43. The largest absolute Gasteiger partial charge is 0.396 e. The molecule has 18 heavy (non-hydrogen) atoms. The second kappa shape index (κ2) is 7.27. The molecule has 3 heteroatoms. The monoisotopic (exact) mass is 269 g/mol. The molecule has 1 rings (SSSR count). The summed E-state index contributed by atoms with van der Waals surface area (Å²) in [5.41, 5.74) is 1.62. The highest BCUT2D eigenvalue weighted by molar-refractivity contribution is 7.10. The van der Waals surface area contributed by atoms with E-state index in [1.54, 1.807) is 0 Å². The third-order valence-corrected chi connectivity index (χ3v) is 5.42. The number of aryl methyl sites for hydroxylation is 1. The Bertz CT molecular complexity index is 344. The number of hydrogen-bond acceptors (Lipinski definition) is 3. The van der Waals surface area contributed by atoms with Gasteiger partial charge < -0.3 is 10.4 Å². The van der Waals surface area contributed by atoms with E-state index in [1.165, 1.54) is 10.4 Å². The van der Waals surface area contributed by atoms with Crippen molar-refractivity contribution in [2.24, 2.45) is 5.41 Å². The number of aliphatic hydroxyl groups is 1. The van der Waals surface area contributed by atoms with Crippen molar-refractivity contribution in [3.05, 3.63) is 21.9 Å². The van der Waals surface area contributed by atoms with Crippen molar-refractivity contribution in [2.45, 2.75) is 53.0 Å². The molecule has 1 unspecified atom stereocenters. The minimum Gasteiger partial charge on any atom is -0.396 e. The molecule has 104 valence electrons. The summed E-state index contributed by atoms with van der Waals surface area (Å²) in [6.07, 6.45) is 3.13. The summed E-state index contributed by atoms with van der Waals surface area (Å²) >= 11 is 1.82. The van der Waals surface area contributed by atoms with Gasteiger partial charge in [-0.05, 0) is 55.5 Å². The lowest BCUT2D eigenvalue weighted by Gasteiger charge is -2.33. The predicted molar refractivity (Wildman–Crippen MR) is 80.2 cm³/mol. The maximum absolute atomic E-state index is 9.23. The first-order chi connectivity index (χ1) is 8.58. The third-order valence-electron chi connectivity index (χ3n) is 4.22. The molecule has 0 aliphatic carbocycles. The van der Waals surface area contributed by atoms with E-state index in [1.807, 2.05) is 11.3 Å². The molecule has 1 atom stereocenters. The molecule has 0 radical (unpaired) electrons. The van der Waals surface area contributed by atoms with Gasteiger partial charge in [0.05, 0.1) is 0 Å². The van der Waals surface area contributed by atoms with E-state index in [-0.39, 0.29) is 12.0 Å². The van der Waals surface area contributed by atoms with Crippen molar-refractivity contribution in [3.8, 4) is 0 Å². The lowest BCUT2D eigenvalue weighted by molar-refractivity contribution is 0.160. The molecule has 0 saturated carbocycles. The van der Waals surface area contributed by atoms with Crippen LogP contribution in [0.1, 0.15) is 56.5 Å². The molecular formula is C15H27NOS. The van der Waals surface area contributed by atoms with Crippen molar-refractivity contribution >= 4 is 11.3 Å². The number of nitrogens with one attached hydrogen (secondary N) is 1. The van der Waals surface area contributed by atoms with Crippen LogP contribution in [-0.4, -0.2) is 18.3 Å². The van der Waals surface area contributed by atoms with Gasteiger partial charge in [0.2, 0.25) is 0 Å². The van der Waals surface area contributed by atoms with Gasteiger partial charge in [0.1, 0.15) is 0 Å². The Morgan fingerprint density at radius 1 is 1.39 bits per heavy atom. The zero-order chi connectivity index (χ0) is 13.6. The van der Waals surface area contributed by atoms with E-state index in [2.05, 4.69) is 44.5 Å². The molecule has 0 saturated heterocycles. The maximum Gasteiger partial charge on any atom is 0.0436 e. The van der Waals surface area contributed by atoms with Crippen LogP contribution in [0.25, 0.3) is 0 Å². The normalized spacial score (nSPS) is 13.8. The van der Waals surface area contributed by atoms with E-state index in [9.17, 15) is 5.11 Å². The summed E-state index contributed by atoms with van der Waals surface area (Å²) in [5, 5.41) is 15.0. The van der Waals surface area contributed by atoms with Crippen LogP contribution in [-0.2, 0) is 0 Å². The second-order valence-electron chi connectivity index (χ2n) is 5.25. The van der Waals surface area contributed by atoms with E-state index >= 15 is 0 Å². The van der Waals surface area contributed by atoms with E-state index < -0.39 is 0 Å². The Kier molecular flexibility index (Phi) is 6.33.